The molecule has 0 radical (unpaired) electrons. The van der Waals surface area contributed by atoms with E-state index in [0.717, 1.165) is 0 Å². The van der Waals surface area contributed by atoms with Gasteiger partial charge in [-0.15, -0.1) is 0 Å². The molecule has 0 fully saturated rings. The van der Waals surface area contributed by atoms with Gasteiger partial charge in [0.15, 0.2) is 5.58 Å². The van der Waals surface area contributed by atoms with E-state index < -0.39 is 5.76 Å². The number of benzene rings is 1. The van der Waals surface area contributed by atoms with Gasteiger partial charge in [-0.1, -0.05) is 12.1 Å². The van der Waals surface area contributed by atoms with Gasteiger partial charge in [0.2, 0.25) is 5.91 Å². The third kappa shape index (κ3) is 3.71. The third-order valence-corrected chi connectivity index (χ3v) is 3.02. The standard InChI is InChI=1S/C14H16N2O5/c1-20-13(18)6-8-15-12(17)7-9-16-10-4-2-3-5-11(10)21-14(16)19/h2-5H,6-9H2,1H3,(H,15,17). The maximum atomic E-state index is 11.7. The lowest BCUT2D eigenvalue weighted by Gasteiger charge is -2.05. The zero-order valence-electron chi connectivity index (χ0n) is 11.6. The van der Waals surface area contributed by atoms with E-state index in [-0.39, 0.29) is 37.8 Å². The number of rotatable bonds is 6. The molecule has 0 unspecified atom stereocenters. The molecule has 1 aromatic carbocycles. The first-order valence-corrected chi connectivity index (χ1v) is 6.53. The van der Waals surface area contributed by atoms with Crippen LogP contribution in [-0.4, -0.2) is 30.1 Å². The molecular weight excluding hydrogens is 276 g/mol. The van der Waals surface area contributed by atoms with Gasteiger partial charge in [-0.3, -0.25) is 14.2 Å². The molecular formula is C14H16N2O5. The molecule has 112 valence electrons. The summed E-state index contributed by atoms with van der Waals surface area (Å²) in [6, 6.07) is 7.03. The van der Waals surface area contributed by atoms with Crippen molar-refractivity contribution in [3.63, 3.8) is 0 Å². The molecule has 0 spiro atoms. The molecule has 1 amide bonds. The summed E-state index contributed by atoms with van der Waals surface area (Å²) in [7, 11) is 1.29. The largest absolute Gasteiger partial charge is 0.469 e. The van der Waals surface area contributed by atoms with Crippen LogP contribution in [0.4, 0.5) is 0 Å². The van der Waals surface area contributed by atoms with Gasteiger partial charge in [0.1, 0.15) is 0 Å². The van der Waals surface area contributed by atoms with Crippen molar-refractivity contribution in [1.82, 2.24) is 9.88 Å². The lowest BCUT2D eigenvalue weighted by Crippen LogP contribution is -2.28. The molecule has 1 aromatic heterocycles. The van der Waals surface area contributed by atoms with Crippen molar-refractivity contribution in [2.24, 2.45) is 0 Å². The fourth-order valence-corrected chi connectivity index (χ4v) is 1.93. The predicted molar refractivity (Wildman–Crippen MR) is 74.7 cm³/mol. The highest BCUT2D eigenvalue weighted by Gasteiger charge is 2.10. The fraction of sp³-hybridized carbons (Fsp3) is 0.357. The second kappa shape index (κ2) is 6.74. The van der Waals surface area contributed by atoms with Gasteiger partial charge in [-0.05, 0) is 12.1 Å². The van der Waals surface area contributed by atoms with Crippen LogP contribution < -0.4 is 11.1 Å². The first kappa shape index (κ1) is 14.8. The Morgan fingerprint density at radius 2 is 2.05 bits per heavy atom. The van der Waals surface area contributed by atoms with Gasteiger partial charge < -0.3 is 14.5 Å². The van der Waals surface area contributed by atoms with Gasteiger partial charge in [-0.2, -0.15) is 0 Å². The zero-order chi connectivity index (χ0) is 15.2. The minimum absolute atomic E-state index is 0.122. The van der Waals surface area contributed by atoms with E-state index in [9.17, 15) is 14.4 Å². The van der Waals surface area contributed by atoms with Crippen LogP contribution in [0, 0.1) is 0 Å². The summed E-state index contributed by atoms with van der Waals surface area (Å²) in [5, 5.41) is 2.59. The summed E-state index contributed by atoms with van der Waals surface area (Å²) in [6.45, 7) is 0.437. The maximum absolute atomic E-state index is 11.7. The van der Waals surface area contributed by atoms with E-state index in [0.29, 0.717) is 11.1 Å². The summed E-state index contributed by atoms with van der Waals surface area (Å²) < 4.78 is 11.0. The van der Waals surface area contributed by atoms with Crippen molar-refractivity contribution in [2.45, 2.75) is 19.4 Å². The molecule has 1 heterocycles. The Kier molecular flexibility index (Phi) is 4.76. The van der Waals surface area contributed by atoms with E-state index in [4.69, 9.17) is 4.42 Å². The second-order valence-corrected chi connectivity index (χ2v) is 4.41. The van der Waals surface area contributed by atoms with Crippen molar-refractivity contribution in [2.75, 3.05) is 13.7 Å². The average Bonchev–Trinajstić information content (AvgIpc) is 2.80. The lowest BCUT2D eigenvalue weighted by molar-refractivity contribution is -0.140. The smallest absolute Gasteiger partial charge is 0.419 e. The molecule has 7 nitrogen and oxygen atoms in total. The number of aryl methyl sites for hydroxylation is 1. The van der Waals surface area contributed by atoms with Crippen LogP contribution in [0.15, 0.2) is 33.5 Å². The van der Waals surface area contributed by atoms with E-state index in [1.807, 2.05) is 0 Å². The summed E-state index contributed by atoms with van der Waals surface area (Å²) in [4.78, 5) is 34.2. The number of amides is 1. The lowest BCUT2D eigenvalue weighted by atomic mass is 10.3. The number of esters is 1. The quantitative estimate of drug-likeness (QED) is 0.790. The normalized spacial score (nSPS) is 10.5. The number of hydrogen-bond acceptors (Lipinski definition) is 5. The topological polar surface area (TPSA) is 90.5 Å². The average molecular weight is 292 g/mol. The minimum Gasteiger partial charge on any atom is -0.469 e. The van der Waals surface area contributed by atoms with Crippen LogP contribution in [0.5, 0.6) is 0 Å². The van der Waals surface area contributed by atoms with Crippen LogP contribution in [0.2, 0.25) is 0 Å². The maximum Gasteiger partial charge on any atom is 0.419 e. The van der Waals surface area contributed by atoms with Crippen LogP contribution >= 0.6 is 0 Å². The fourth-order valence-electron chi connectivity index (χ4n) is 1.93. The highest BCUT2D eigenvalue weighted by atomic mass is 16.5. The van der Waals surface area contributed by atoms with Crippen LogP contribution in [0.1, 0.15) is 12.8 Å². The third-order valence-electron chi connectivity index (χ3n) is 3.02. The first-order chi connectivity index (χ1) is 10.1. The molecule has 2 rings (SSSR count). The van der Waals surface area contributed by atoms with E-state index in [1.165, 1.54) is 11.7 Å². The molecule has 0 aliphatic carbocycles. The Hall–Kier alpha value is -2.57. The molecule has 0 aliphatic heterocycles. The van der Waals surface area contributed by atoms with E-state index in [1.54, 1.807) is 24.3 Å². The SMILES string of the molecule is COC(=O)CCNC(=O)CCn1c(=O)oc2ccccc21. The van der Waals surface area contributed by atoms with Crippen molar-refractivity contribution < 1.29 is 18.7 Å². The number of aromatic nitrogens is 1. The highest BCUT2D eigenvalue weighted by Crippen LogP contribution is 2.11. The number of methoxy groups -OCH3 is 1. The number of ether oxygens (including phenoxy) is 1. The van der Waals surface area contributed by atoms with E-state index >= 15 is 0 Å². The Morgan fingerprint density at radius 3 is 2.81 bits per heavy atom. The number of oxazole rings is 1. The molecule has 0 saturated carbocycles. The molecule has 21 heavy (non-hydrogen) atoms. The Balaban J connectivity index is 1.90. The molecule has 1 N–H and O–H groups in total. The summed E-state index contributed by atoms with van der Waals surface area (Å²) >= 11 is 0. The Labute approximate surface area is 120 Å². The van der Waals surface area contributed by atoms with Crippen molar-refractivity contribution in [3.05, 3.63) is 34.8 Å². The van der Waals surface area contributed by atoms with Crippen molar-refractivity contribution in [1.29, 1.82) is 0 Å². The number of carbonyl (C=O) groups is 2. The van der Waals surface area contributed by atoms with Crippen molar-refractivity contribution >= 4 is 23.0 Å². The minimum atomic E-state index is -0.487. The van der Waals surface area contributed by atoms with Crippen LogP contribution in [0.3, 0.4) is 0 Å². The van der Waals surface area contributed by atoms with Crippen molar-refractivity contribution in [3.8, 4) is 0 Å². The molecule has 2 aromatic rings. The number of fused-ring (bicyclic) bond motifs is 1. The molecule has 0 atom stereocenters. The molecule has 0 bridgehead atoms. The highest BCUT2D eigenvalue weighted by molar-refractivity contribution is 5.77. The number of carbonyl (C=O) groups excluding carboxylic acids is 2. The van der Waals surface area contributed by atoms with Gasteiger partial charge >= 0.3 is 11.7 Å². The van der Waals surface area contributed by atoms with Crippen LogP contribution in [0.25, 0.3) is 11.1 Å². The van der Waals surface area contributed by atoms with Gasteiger partial charge in [0.25, 0.3) is 0 Å². The number of nitrogens with one attached hydrogen (secondary N) is 1. The Bertz CT molecular complexity index is 701. The molecule has 0 saturated heterocycles. The van der Waals surface area contributed by atoms with Crippen LogP contribution in [-0.2, 0) is 20.9 Å². The zero-order valence-corrected chi connectivity index (χ0v) is 11.6. The predicted octanol–water partition coefficient (Wildman–Crippen LogP) is 0.664. The molecule has 0 aliphatic rings. The second-order valence-electron chi connectivity index (χ2n) is 4.41. The van der Waals surface area contributed by atoms with Gasteiger partial charge in [-0.25, -0.2) is 4.79 Å². The van der Waals surface area contributed by atoms with E-state index in [2.05, 4.69) is 10.1 Å². The number of nitrogens with zero attached hydrogens (tertiary/aromatic N) is 1. The monoisotopic (exact) mass is 292 g/mol. The van der Waals surface area contributed by atoms with Gasteiger partial charge in [0.05, 0.1) is 19.0 Å². The Morgan fingerprint density at radius 1 is 1.29 bits per heavy atom. The molecule has 7 heteroatoms. The number of hydrogen-bond donors (Lipinski definition) is 1. The first-order valence-electron chi connectivity index (χ1n) is 6.53. The summed E-state index contributed by atoms with van der Waals surface area (Å²) in [6.07, 6.45) is 0.251. The summed E-state index contributed by atoms with van der Waals surface area (Å²) in [5.41, 5.74) is 1.15. The summed E-state index contributed by atoms with van der Waals surface area (Å²) in [5.74, 6) is -1.11. The van der Waals surface area contributed by atoms with Gasteiger partial charge in [0, 0.05) is 19.5 Å². The number of para-hydroxylation sites is 2.